The summed E-state index contributed by atoms with van der Waals surface area (Å²) in [5.41, 5.74) is 7.92. The van der Waals surface area contributed by atoms with Crippen molar-refractivity contribution >= 4 is 29.1 Å². The lowest BCUT2D eigenvalue weighted by Crippen LogP contribution is -2.58. The number of nitrogens with zero attached hydrogens (tertiary/aromatic N) is 7. The summed E-state index contributed by atoms with van der Waals surface area (Å²) in [6, 6.07) is 0. The van der Waals surface area contributed by atoms with Crippen LogP contribution in [0.5, 0.6) is 11.8 Å². The van der Waals surface area contributed by atoms with Gasteiger partial charge in [-0.15, -0.1) is 0 Å². The van der Waals surface area contributed by atoms with Crippen molar-refractivity contribution in [2.75, 3.05) is 74.2 Å². The van der Waals surface area contributed by atoms with E-state index in [1.165, 1.54) is 24.1 Å². The van der Waals surface area contributed by atoms with Crippen molar-refractivity contribution in [3.63, 3.8) is 0 Å². The number of esters is 1. The first kappa shape index (κ1) is 90.7. The fourth-order valence-electron chi connectivity index (χ4n) is 25.0. The van der Waals surface area contributed by atoms with Gasteiger partial charge in [-0.25, -0.2) is 24.9 Å². The van der Waals surface area contributed by atoms with Crippen LogP contribution in [0, 0.1) is 70.5 Å². The maximum Gasteiger partial charge on any atom is 0.316 e. The van der Waals surface area contributed by atoms with Crippen molar-refractivity contribution in [2.45, 2.75) is 347 Å². The molecule has 0 aromatic carbocycles. The van der Waals surface area contributed by atoms with Crippen LogP contribution in [0.3, 0.4) is 0 Å². The number of H-pyrrole nitrogens is 1. The van der Waals surface area contributed by atoms with Gasteiger partial charge in [0.2, 0.25) is 11.8 Å². The Balaban J connectivity index is 0.000000123. The predicted molar refractivity (Wildman–Crippen MR) is 457 cm³/mol. The summed E-state index contributed by atoms with van der Waals surface area (Å²) >= 11 is 6.60. The van der Waals surface area contributed by atoms with Crippen LogP contribution in [0.4, 0.5) is 0 Å². The van der Waals surface area contributed by atoms with Gasteiger partial charge in [-0.2, -0.15) is 9.97 Å². The minimum atomic E-state index is -0.595. The zero-order chi connectivity index (χ0) is 87.1. The molecule has 0 radical (unpaired) electrons. The molecule has 10 fully saturated rings. The Morgan fingerprint density at radius 3 is 1.07 bits per heavy atom. The summed E-state index contributed by atoms with van der Waals surface area (Å²) < 4.78 is 64.4. The van der Waals surface area contributed by atoms with Gasteiger partial charge < -0.3 is 57.1 Å². The second-order valence-electron chi connectivity index (χ2n) is 43.4. The van der Waals surface area contributed by atoms with Gasteiger partial charge in [0.05, 0.1) is 97.0 Å². The van der Waals surface area contributed by atoms with Crippen LogP contribution < -0.4 is 15.0 Å². The largest absolute Gasteiger partial charge is 0.481 e. The third-order valence-electron chi connectivity index (χ3n) is 32.5. The standard InChI is InChI=1S/C21H32N2O3.C20H29ClN2O2.C20H30N2O3.C19H28N2O2.C16H24O5/c1-13-15-8-7-14-16(22-18(19(2,3)4)23-17(14)24-6)20(15,5)9-10-21(13)25-11-12-26-21;1-12-14-7-6-13-15(22-17(18(2,3)4)23-16(13)21)19(14,5)8-9-20(12)24-10-11-25-20;1-12-14-7-6-13-15(21-17(18(2,3)4)22-16(13)23)19(14,5)8-9-20(12)24-10-11-25-20;1-11-13-8-7-12-15(19(13,5)10-9-14(11)22)20-17(18(2,3)4)21-16(12)23-6;1-10-12-5-4-11(14(18)19-3)13(17)15(12,2)6-7-16(10)20-8-9-21-16/h13,15H,7-12H2,1-6H3;12,14H,6-11H2,1-5H3;12,14H,6-11H2,1-5H3,(H,21,22,23);11,13H,7-10H2,1-6H3;10-12H,4-9H2,1-3H3/t13-,15-,20-;2*12-,14-,19-;11-,13-,19-;10-,11?,12-,15-/m00000/s1. The smallest absolute Gasteiger partial charge is 0.316 e. The Bertz CT molecular complexity index is 4560. The average molecular weight is 1680 g/mol. The maximum atomic E-state index is 12.8. The Morgan fingerprint density at radius 1 is 0.383 bits per heavy atom. The number of rotatable bonds is 3. The summed E-state index contributed by atoms with van der Waals surface area (Å²) in [5, 5.41) is 0.649. The number of hydrogen-bond donors (Lipinski definition) is 1. The van der Waals surface area contributed by atoms with Crippen molar-refractivity contribution in [2.24, 2.45) is 70.5 Å². The second kappa shape index (κ2) is 32.7. The molecule has 14 aliphatic rings. The monoisotopic (exact) mass is 1680 g/mol. The minimum absolute atomic E-state index is 0.0140. The maximum absolute atomic E-state index is 12.8. The van der Waals surface area contributed by atoms with Crippen molar-refractivity contribution in [1.29, 1.82) is 0 Å². The van der Waals surface area contributed by atoms with Gasteiger partial charge in [0.15, 0.2) is 28.9 Å². The number of fused-ring (bicyclic) bond motifs is 13. The number of methoxy groups -OCH3 is 3. The van der Waals surface area contributed by atoms with E-state index in [-0.39, 0.29) is 90.0 Å². The van der Waals surface area contributed by atoms with Gasteiger partial charge in [-0.3, -0.25) is 19.2 Å². The lowest BCUT2D eigenvalue weighted by molar-refractivity contribution is -0.244. The molecule has 4 aliphatic heterocycles. The molecule has 23 nitrogen and oxygen atoms in total. The Labute approximate surface area is 719 Å². The Morgan fingerprint density at radius 2 is 0.708 bits per heavy atom. The quantitative estimate of drug-likeness (QED) is 0.113. The molecule has 4 saturated heterocycles. The number of ketones is 2. The third kappa shape index (κ3) is 15.6. The molecular formula is C96H143ClN8O15. The number of carbonyl (C=O) groups is 3. The Hall–Kier alpha value is -5.50. The first-order valence-corrected chi connectivity index (χ1v) is 46.0. The van der Waals surface area contributed by atoms with E-state index in [9.17, 15) is 19.2 Å². The van der Waals surface area contributed by atoms with Gasteiger partial charge in [-0.1, -0.05) is 164 Å². The predicted octanol–water partition coefficient (Wildman–Crippen LogP) is 16.8. The molecule has 10 aliphatic carbocycles. The van der Waals surface area contributed by atoms with E-state index >= 15 is 0 Å². The van der Waals surface area contributed by atoms with Crippen LogP contribution in [0.1, 0.15) is 323 Å². The molecule has 1 N–H and O–H groups in total. The zero-order valence-electron chi connectivity index (χ0n) is 77.3. The summed E-state index contributed by atoms with van der Waals surface area (Å²) in [5.74, 6) is 5.92. The van der Waals surface area contributed by atoms with Crippen molar-refractivity contribution in [3.05, 3.63) is 83.8 Å². The third-order valence-corrected chi connectivity index (χ3v) is 32.8. The number of Topliss-reactive ketones (excluding diaryl/α,β-unsaturated/α-hetero) is 2. The van der Waals surface area contributed by atoms with Crippen molar-refractivity contribution in [3.8, 4) is 11.8 Å². The number of halogens is 1. The highest BCUT2D eigenvalue weighted by atomic mass is 35.5. The summed E-state index contributed by atoms with van der Waals surface area (Å²) in [6.45, 7) is 53.5. The highest BCUT2D eigenvalue weighted by molar-refractivity contribution is 6.30. The highest BCUT2D eigenvalue weighted by Gasteiger charge is 2.64. The lowest BCUT2D eigenvalue weighted by atomic mass is 9.53. The number of carbonyl (C=O) groups excluding carboxylic acids is 3. The van der Waals surface area contributed by atoms with Crippen LogP contribution >= 0.6 is 11.6 Å². The molecule has 16 atom stereocenters. The molecule has 6 saturated carbocycles. The number of aromatic nitrogens is 8. The molecule has 24 heteroatoms. The van der Waals surface area contributed by atoms with E-state index in [1.807, 2.05) is 6.92 Å². The van der Waals surface area contributed by atoms with Crippen LogP contribution in [0.25, 0.3) is 0 Å². The van der Waals surface area contributed by atoms with E-state index in [4.69, 9.17) is 88.6 Å². The highest BCUT2D eigenvalue weighted by Crippen LogP contribution is 2.63. The van der Waals surface area contributed by atoms with Crippen LogP contribution in [0.15, 0.2) is 4.79 Å². The number of hydrogen-bond acceptors (Lipinski definition) is 22. The first-order valence-electron chi connectivity index (χ1n) is 45.6. The van der Waals surface area contributed by atoms with E-state index in [0.717, 1.165) is 172 Å². The van der Waals surface area contributed by atoms with Gasteiger partial charge in [0, 0.05) is 133 Å². The van der Waals surface area contributed by atoms with Crippen molar-refractivity contribution < 1.29 is 66.5 Å². The van der Waals surface area contributed by atoms with E-state index in [1.54, 1.807) is 14.2 Å². The number of aromatic amines is 1. The summed E-state index contributed by atoms with van der Waals surface area (Å²) in [4.78, 5) is 86.9. The molecule has 4 aromatic heterocycles. The molecule has 0 bridgehead atoms. The normalized spacial score (nSPS) is 34.5. The van der Waals surface area contributed by atoms with Crippen LogP contribution in [-0.4, -0.2) is 155 Å². The van der Waals surface area contributed by atoms with E-state index in [0.29, 0.717) is 124 Å². The summed E-state index contributed by atoms with van der Waals surface area (Å²) in [7, 11) is 4.77. The molecule has 18 rings (SSSR count). The molecular weight excluding hydrogens is 1540 g/mol. The molecule has 8 heterocycles. The topological polar surface area (TPSA) is 276 Å². The number of nitrogens with one attached hydrogen (secondary N) is 1. The Kier molecular flexibility index (Phi) is 24.7. The van der Waals surface area contributed by atoms with E-state index in [2.05, 4.69) is 160 Å². The number of ether oxygens (including phenoxy) is 11. The van der Waals surface area contributed by atoms with Crippen molar-refractivity contribution in [1.82, 2.24) is 39.9 Å². The fourth-order valence-corrected chi connectivity index (χ4v) is 25.3. The molecule has 4 spiro atoms. The molecule has 664 valence electrons. The fraction of sp³-hybridized carbons (Fsp3) is 0.802. The van der Waals surface area contributed by atoms with Gasteiger partial charge in [0.25, 0.3) is 5.56 Å². The zero-order valence-corrected chi connectivity index (χ0v) is 78.0. The van der Waals surface area contributed by atoms with Gasteiger partial charge >= 0.3 is 5.97 Å². The molecule has 120 heavy (non-hydrogen) atoms. The van der Waals surface area contributed by atoms with Gasteiger partial charge in [0.1, 0.15) is 40.2 Å². The van der Waals surface area contributed by atoms with Gasteiger partial charge in [-0.05, 0) is 126 Å². The molecule has 4 aromatic rings. The summed E-state index contributed by atoms with van der Waals surface area (Å²) in [6.07, 6.45) is 18.0. The van der Waals surface area contributed by atoms with E-state index < -0.39 is 22.9 Å². The molecule has 0 amide bonds. The lowest BCUT2D eigenvalue weighted by Gasteiger charge is -2.54. The minimum Gasteiger partial charge on any atom is -0.481 e. The molecule has 1 unspecified atom stereocenters. The first-order chi connectivity index (χ1) is 56.2. The average Bonchev–Trinajstić information content (AvgIpc) is 1.12. The SMILES string of the molecule is COC(=O)C1CC[C@H]2[C@H](C)C3(CC[C@]2(C)C1=O)OCCO3.COc1nc(C(C)(C)C)nc2c1CC[C@H]1[C@H](C)C(=O)CC[C@]21C.COc1nc(C(C)(C)C)nc2c1CC[C@H]1[C@H](C)C3(CC[C@]21C)OCCO3.C[C@H]1[C@@H]2CCc3c(Cl)nc(C(C)(C)C)nc3[C@@]2(C)CCC12OCCO2.C[C@H]1[C@@H]2CCc3c(nc(C(C)(C)C)[nH]c3=O)[C@@]2(C)CCC12OCCO2. The van der Waals surface area contributed by atoms with Crippen LogP contribution in [0.2, 0.25) is 5.15 Å². The second-order valence-corrected chi connectivity index (χ2v) is 43.8. The van der Waals surface area contributed by atoms with Crippen LogP contribution in [-0.2, 0) is 126 Å².